The fourth-order valence-corrected chi connectivity index (χ4v) is 3.92. The second kappa shape index (κ2) is 8.59. The quantitative estimate of drug-likeness (QED) is 0.748. The second-order valence-corrected chi connectivity index (χ2v) is 8.06. The molecule has 2 heterocycles. The predicted molar refractivity (Wildman–Crippen MR) is 110 cm³/mol. The normalized spacial score (nSPS) is 16.9. The Morgan fingerprint density at radius 2 is 2.04 bits per heavy atom. The lowest BCUT2D eigenvalue weighted by Crippen LogP contribution is -2.34. The smallest absolute Gasteiger partial charge is 0.271 e. The van der Waals surface area contributed by atoms with Crippen molar-refractivity contribution in [3.63, 3.8) is 0 Å². The fourth-order valence-electron chi connectivity index (χ4n) is 3.92. The molecule has 3 rings (SSSR count). The molecule has 1 aliphatic heterocycles. The van der Waals surface area contributed by atoms with Crippen LogP contribution in [-0.2, 0) is 13.0 Å². The average molecular weight is 369 g/mol. The van der Waals surface area contributed by atoms with Gasteiger partial charge in [-0.3, -0.25) is 9.48 Å². The van der Waals surface area contributed by atoms with Crippen LogP contribution in [0.4, 0.5) is 5.69 Å². The molecule has 1 aromatic carbocycles. The number of carbonyl (C=O) groups is 1. The average Bonchev–Trinajstić information content (AvgIpc) is 3.28. The fraction of sp³-hybridized carbons (Fsp3) is 0.545. The molecule has 0 aliphatic carbocycles. The molecule has 5 heteroatoms. The number of amides is 1. The lowest BCUT2D eigenvalue weighted by atomic mass is 10.1. The largest absolute Gasteiger partial charge is 0.371 e. The van der Waals surface area contributed by atoms with Gasteiger partial charge in [0, 0.05) is 38.9 Å². The van der Waals surface area contributed by atoms with E-state index in [9.17, 15) is 4.79 Å². The van der Waals surface area contributed by atoms with E-state index in [1.807, 2.05) is 35.7 Å². The summed E-state index contributed by atoms with van der Waals surface area (Å²) in [6, 6.07) is 12.5. The van der Waals surface area contributed by atoms with Gasteiger partial charge in [-0.2, -0.15) is 5.10 Å². The molecule has 1 aromatic heterocycles. The molecule has 1 atom stereocenters. The van der Waals surface area contributed by atoms with E-state index in [-0.39, 0.29) is 5.91 Å². The number of aryl methyl sites for hydroxylation is 1. The summed E-state index contributed by atoms with van der Waals surface area (Å²) < 4.78 is 1.85. The van der Waals surface area contributed by atoms with Gasteiger partial charge >= 0.3 is 0 Å². The molecule has 0 bridgehead atoms. The highest BCUT2D eigenvalue weighted by Crippen LogP contribution is 2.24. The summed E-state index contributed by atoms with van der Waals surface area (Å²) in [7, 11) is 1.92. The van der Waals surface area contributed by atoms with Crippen molar-refractivity contribution in [3.8, 4) is 0 Å². The van der Waals surface area contributed by atoms with Crippen LogP contribution in [0.15, 0.2) is 36.4 Å². The van der Waals surface area contributed by atoms with Crippen molar-refractivity contribution < 1.29 is 4.79 Å². The Bertz CT molecular complexity index is 753. The molecule has 5 nitrogen and oxygen atoms in total. The third-order valence-corrected chi connectivity index (χ3v) is 5.25. The molecule has 2 aromatic rings. The van der Waals surface area contributed by atoms with Gasteiger partial charge in [-0.15, -0.1) is 0 Å². The minimum Gasteiger partial charge on any atom is -0.371 e. The highest BCUT2D eigenvalue weighted by molar-refractivity contribution is 5.92. The summed E-state index contributed by atoms with van der Waals surface area (Å²) in [5, 5.41) is 4.62. The van der Waals surface area contributed by atoms with Crippen molar-refractivity contribution in [2.45, 2.75) is 40.2 Å². The lowest BCUT2D eigenvalue weighted by Gasteiger charge is -2.22. The molecule has 0 radical (unpaired) electrons. The number of carbonyl (C=O) groups excluding carboxylic acids is 1. The minimum absolute atomic E-state index is 0.0810. The van der Waals surface area contributed by atoms with Gasteiger partial charge in [0.15, 0.2) is 0 Å². The number of para-hydroxylation sites is 1. The molecular weight excluding hydrogens is 336 g/mol. The molecule has 1 saturated heterocycles. The number of anilines is 1. The topological polar surface area (TPSA) is 41.4 Å². The molecule has 146 valence electrons. The maximum atomic E-state index is 13.0. The Morgan fingerprint density at radius 3 is 2.70 bits per heavy atom. The SMILES string of the molecule is CCn1nc(CC(C)C)cc1C(=O)N(C)C[C@H]1CCN(c2ccccc2)C1. The number of hydrogen-bond acceptors (Lipinski definition) is 3. The van der Waals surface area contributed by atoms with Crippen molar-refractivity contribution in [2.24, 2.45) is 11.8 Å². The predicted octanol–water partition coefficient (Wildman–Crippen LogP) is 3.70. The van der Waals surface area contributed by atoms with Crippen molar-refractivity contribution in [1.82, 2.24) is 14.7 Å². The van der Waals surface area contributed by atoms with Crippen molar-refractivity contribution in [3.05, 3.63) is 47.8 Å². The van der Waals surface area contributed by atoms with Gasteiger partial charge < -0.3 is 9.80 Å². The highest BCUT2D eigenvalue weighted by atomic mass is 16.2. The Labute approximate surface area is 163 Å². The second-order valence-electron chi connectivity index (χ2n) is 8.06. The molecule has 0 spiro atoms. The molecule has 1 aliphatic rings. The van der Waals surface area contributed by atoms with E-state index in [0.29, 0.717) is 17.5 Å². The van der Waals surface area contributed by atoms with Crippen LogP contribution in [-0.4, -0.2) is 47.3 Å². The Balaban J connectivity index is 1.62. The van der Waals surface area contributed by atoms with Gasteiger partial charge in [-0.25, -0.2) is 0 Å². The van der Waals surface area contributed by atoms with Gasteiger partial charge in [0.2, 0.25) is 0 Å². The summed E-state index contributed by atoms with van der Waals surface area (Å²) in [6.45, 7) is 9.97. The maximum Gasteiger partial charge on any atom is 0.271 e. The first-order valence-electron chi connectivity index (χ1n) is 10.1. The summed E-state index contributed by atoms with van der Waals surface area (Å²) in [5.74, 6) is 1.12. The van der Waals surface area contributed by atoms with Crippen LogP contribution in [0, 0.1) is 11.8 Å². The van der Waals surface area contributed by atoms with Gasteiger partial charge in [0.05, 0.1) is 5.69 Å². The van der Waals surface area contributed by atoms with Crippen LogP contribution in [0.5, 0.6) is 0 Å². The van der Waals surface area contributed by atoms with Crippen LogP contribution < -0.4 is 4.90 Å². The molecule has 1 amide bonds. The Morgan fingerprint density at radius 1 is 1.30 bits per heavy atom. The standard InChI is InChI=1S/C22H32N4O/c1-5-26-21(14-19(23-26)13-17(2)3)22(27)24(4)15-18-11-12-25(16-18)20-9-7-6-8-10-20/h6-10,14,17-18H,5,11-13,15-16H2,1-4H3/t18-/m1/s1. The first-order valence-corrected chi connectivity index (χ1v) is 10.1. The third-order valence-electron chi connectivity index (χ3n) is 5.25. The van der Waals surface area contributed by atoms with Crippen molar-refractivity contribution in [2.75, 3.05) is 31.6 Å². The Hall–Kier alpha value is -2.30. The zero-order valence-corrected chi connectivity index (χ0v) is 17.1. The number of hydrogen-bond donors (Lipinski definition) is 0. The minimum atomic E-state index is 0.0810. The molecule has 0 unspecified atom stereocenters. The van der Waals surface area contributed by atoms with E-state index in [0.717, 1.165) is 44.7 Å². The van der Waals surface area contributed by atoms with Crippen molar-refractivity contribution in [1.29, 1.82) is 0 Å². The van der Waals surface area contributed by atoms with Crippen LogP contribution in [0.25, 0.3) is 0 Å². The lowest BCUT2D eigenvalue weighted by molar-refractivity contribution is 0.0764. The number of rotatable bonds is 7. The van der Waals surface area contributed by atoms with Crippen LogP contribution in [0.2, 0.25) is 0 Å². The molecular formula is C22H32N4O. The van der Waals surface area contributed by atoms with Crippen LogP contribution in [0.3, 0.4) is 0 Å². The Kier molecular flexibility index (Phi) is 6.19. The molecule has 0 saturated carbocycles. The van der Waals surface area contributed by atoms with Gasteiger partial charge in [0.1, 0.15) is 5.69 Å². The number of nitrogens with zero attached hydrogens (tertiary/aromatic N) is 4. The molecule has 1 fully saturated rings. The summed E-state index contributed by atoms with van der Waals surface area (Å²) in [5.41, 5.74) is 3.00. The van der Waals surface area contributed by atoms with E-state index in [1.54, 1.807) is 0 Å². The van der Waals surface area contributed by atoms with E-state index < -0.39 is 0 Å². The van der Waals surface area contributed by atoms with E-state index in [1.165, 1.54) is 5.69 Å². The highest BCUT2D eigenvalue weighted by Gasteiger charge is 2.26. The first-order chi connectivity index (χ1) is 13.0. The third kappa shape index (κ3) is 4.71. The van der Waals surface area contributed by atoms with E-state index in [2.05, 4.69) is 48.1 Å². The zero-order chi connectivity index (χ0) is 19.4. The van der Waals surface area contributed by atoms with Crippen molar-refractivity contribution >= 4 is 11.6 Å². The number of benzene rings is 1. The van der Waals surface area contributed by atoms with Gasteiger partial charge in [-0.1, -0.05) is 32.0 Å². The van der Waals surface area contributed by atoms with Gasteiger partial charge in [0.25, 0.3) is 5.91 Å². The van der Waals surface area contributed by atoms with Crippen LogP contribution >= 0.6 is 0 Å². The summed E-state index contributed by atoms with van der Waals surface area (Å²) >= 11 is 0. The van der Waals surface area contributed by atoms with Gasteiger partial charge in [-0.05, 0) is 49.8 Å². The van der Waals surface area contributed by atoms with Crippen LogP contribution in [0.1, 0.15) is 43.4 Å². The first kappa shape index (κ1) is 19.5. The summed E-state index contributed by atoms with van der Waals surface area (Å²) in [6.07, 6.45) is 2.03. The maximum absolute atomic E-state index is 13.0. The van der Waals surface area contributed by atoms with E-state index in [4.69, 9.17) is 0 Å². The zero-order valence-electron chi connectivity index (χ0n) is 17.1. The molecule has 0 N–H and O–H groups in total. The molecule has 27 heavy (non-hydrogen) atoms. The number of aromatic nitrogens is 2. The van der Waals surface area contributed by atoms with E-state index >= 15 is 0 Å². The summed E-state index contributed by atoms with van der Waals surface area (Å²) in [4.78, 5) is 17.3. The monoisotopic (exact) mass is 368 g/mol.